The summed E-state index contributed by atoms with van der Waals surface area (Å²) < 4.78 is 12.9. The second-order valence-corrected chi connectivity index (χ2v) is 21.5. The minimum absolute atomic E-state index is 0.135. The van der Waals surface area contributed by atoms with Crippen molar-refractivity contribution in [3.63, 3.8) is 0 Å². The Labute approximate surface area is 248 Å². The molecule has 0 unspecified atom stereocenters. The van der Waals surface area contributed by atoms with E-state index in [2.05, 4.69) is 143 Å². The predicted octanol–water partition coefficient (Wildman–Crippen LogP) is 10.8. The van der Waals surface area contributed by atoms with E-state index >= 15 is 0 Å². The van der Waals surface area contributed by atoms with Gasteiger partial charge in [0, 0.05) is 5.92 Å². The first-order chi connectivity index (χ1) is 17.6. The van der Waals surface area contributed by atoms with E-state index in [1.807, 2.05) is 0 Å². The average molecular weight is 561 g/mol. The molecule has 0 aromatic rings. The molecule has 0 spiro atoms. The summed E-state index contributed by atoms with van der Waals surface area (Å²) in [6, 6.07) is 0. The molecular weight excluding hydrogens is 491 g/mol. The summed E-state index contributed by atoms with van der Waals surface area (Å²) in [5.74, 6) is 8.85. The van der Waals surface area contributed by atoms with Crippen LogP contribution >= 0.6 is 0 Å². The van der Waals surface area contributed by atoms with E-state index < -0.39 is 8.07 Å². The molecule has 0 aromatic heterocycles. The van der Waals surface area contributed by atoms with Crippen LogP contribution in [0.15, 0.2) is 0 Å². The highest BCUT2D eigenvalue weighted by Gasteiger charge is 2.54. The molecule has 1 saturated heterocycles. The van der Waals surface area contributed by atoms with Crippen molar-refractivity contribution in [2.24, 2.45) is 47.3 Å². The third-order valence-corrected chi connectivity index (χ3v) is 19.0. The van der Waals surface area contributed by atoms with Gasteiger partial charge in [0.25, 0.3) is 0 Å². The van der Waals surface area contributed by atoms with Crippen molar-refractivity contribution in [2.75, 3.05) is 0 Å². The molecular formula is C35H69BO2Si. The van der Waals surface area contributed by atoms with Crippen LogP contribution in [0.4, 0.5) is 0 Å². The van der Waals surface area contributed by atoms with E-state index in [0.717, 1.165) is 0 Å². The van der Waals surface area contributed by atoms with E-state index in [4.69, 9.17) is 9.31 Å². The van der Waals surface area contributed by atoms with Gasteiger partial charge < -0.3 is 9.31 Å². The number of rotatable bonds is 12. The topological polar surface area (TPSA) is 18.5 Å². The van der Waals surface area contributed by atoms with Crippen LogP contribution in [0, 0.1) is 58.8 Å². The van der Waals surface area contributed by atoms with Crippen molar-refractivity contribution < 1.29 is 9.31 Å². The second kappa shape index (κ2) is 13.8. The summed E-state index contributed by atoms with van der Waals surface area (Å²) in [5.41, 5.74) is 5.53. The van der Waals surface area contributed by atoms with Gasteiger partial charge in [0.15, 0.2) is 0 Å². The maximum absolute atomic E-state index is 6.44. The van der Waals surface area contributed by atoms with E-state index in [1.54, 1.807) is 0 Å². The fourth-order valence-electron chi connectivity index (χ4n) is 7.48. The molecule has 0 aliphatic carbocycles. The van der Waals surface area contributed by atoms with E-state index in [0.29, 0.717) is 69.8 Å². The fraction of sp³-hybridized carbons (Fsp3) is 0.943. The van der Waals surface area contributed by atoms with Crippen LogP contribution in [0.1, 0.15) is 132 Å². The SMILES string of the molecule is CC(C)[Si](C#C[C@@H](C)[C@H](C)[C@@H](C)[C@H](C)[C@@H](C)[C@H](C)[C@@H](C)[C@H](C)[C@@H](C)B1OC(C)(C)C(C)(C)O1)(C(C)C)C(C)C. The van der Waals surface area contributed by atoms with Crippen LogP contribution in [0.3, 0.4) is 0 Å². The molecule has 1 fully saturated rings. The molecule has 2 nitrogen and oxygen atoms in total. The summed E-state index contributed by atoms with van der Waals surface area (Å²) >= 11 is 0. The lowest BCUT2D eigenvalue weighted by Gasteiger charge is -2.40. The smallest absolute Gasteiger partial charge is 0.403 e. The summed E-state index contributed by atoms with van der Waals surface area (Å²) in [5, 5.41) is 0. The molecule has 0 aromatic carbocycles. The normalized spacial score (nSPS) is 24.5. The van der Waals surface area contributed by atoms with Crippen molar-refractivity contribution in [1.29, 1.82) is 0 Å². The van der Waals surface area contributed by atoms with Crippen molar-refractivity contribution in [1.82, 2.24) is 0 Å². The van der Waals surface area contributed by atoms with Gasteiger partial charge in [0.1, 0.15) is 8.07 Å². The van der Waals surface area contributed by atoms with Gasteiger partial charge in [-0.3, -0.25) is 0 Å². The first-order valence-corrected chi connectivity index (χ1v) is 18.7. The first-order valence-electron chi connectivity index (χ1n) is 16.4. The van der Waals surface area contributed by atoms with Gasteiger partial charge in [0.05, 0.1) is 11.2 Å². The van der Waals surface area contributed by atoms with Crippen molar-refractivity contribution in [3.8, 4) is 11.5 Å². The maximum atomic E-state index is 6.44. The quantitative estimate of drug-likeness (QED) is 0.175. The molecule has 228 valence electrons. The Morgan fingerprint density at radius 2 is 0.795 bits per heavy atom. The Morgan fingerprint density at radius 1 is 0.487 bits per heavy atom. The number of hydrogen-bond acceptors (Lipinski definition) is 2. The molecule has 1 rings (SSSR count). The van der Waals surface area contributed by atoms with Gasteiger partial charge in [-0.2, -0.15) is 0 Å². The monoisotopic (exact) mass is 561 g/mol. The van der Waals surface area contributed by atoms with Gasteiger partial charge >= 0.3 is 7.12 Å². The van der Waals surface area contributed by atoms with E-state index in [9.17, 15) is 0 Å². The third kappa shape index (κ3) is 7.79. The van der Waals surface area contributed by atoms with Gasteiger partial charge in [-0.05, 0) is 91.6 Å². The van der Waals surface area contributed by atoms with Gasteiger partial charge in [0.2, 0.25) is 0 Å². The van der Waals surface area contributed by atoms with Crippen molar-refractivity contribution in [3.05, 3.63) is 0 Å². The van der Waals surface area contributed by atoms with Crippen LogP contribution in [0.2, 0.25) is 22.4 Å². The Balaban J connectivity index is 2.97. The summed E-state index contributed by atoms with van der Waals surface area (Å²) in [6.07, 6.45) is 0. The molecule has 4 heteroatoms. The highest BCUT2D eigenvalue weighted by atomic mass is 28.3. The lowest BCUT2D eigenvalue weighted by Crippen LogP contribution is -2.43. The highest BCUT2D eigenvalue weighted by Crippen LogP contribution is 2.46. The van der Waals surface area contributed by atoms with Crippen LogP contribution in [0.25, 0.3) is 0 Å². The van der Waals surface area contributed by atoms with Gasteiger partial charge in [-0.1, -0.05) is 104 Å². The minimum atomic E-state index is -1.69. The minimum Gasteiger partial charge on any atom is -0.403 e. The zero-order valence-electron chi connectivity index (χ0n) is 29.8. The van der Waals surface area contributed by atoms with Crippen LogP contribution < -0.4 is 0 Å². The molecule has 0 saturated carbocycles. The Kier molecular flexibility index (Phi) is 13.0. The molecule has 0 amide bonds. The molecule has 1 aliphatic heterocycles. The van der Waals surface area contributed by atoms with Gasteiger partial charge in [-0.25, -0.2) is 0 Å². The lowest BCUT2D eigenvalue weighted by molar-refractivity contribution is 0.00578. The molecule has 0 radical (unpaired) electrons. The Morgan fingerprint density at radius 3 is 1.13 bits per heavy atom. The molecule has 0 bridgehead atoms. The highest BCUT2D eigenvalue weighted by molar-refractivity contribution is 6.90. The largest absolute Gasteiger partial charge is 0.461 e. The molecule has 9 atom stereocenters. The average Bonchev–Trinajstić information content (AvgIpc) is 3.06. The summed E-state index contributed by atoms with van der Waals surface area (Å²) in [6.45, 7) is 45.1. The first kappa shape index (κ1) is 36.8. The molecule has 1 heterocycles. The maximum Gasteiger partial charge on any atom is 0.461 e. The van der Waals surface area contributed by atoms with Crippen molar-refractivity contribution in [2.45, 2.75) is 165 Å². The van der Waals surface area contributed by atoms with Crippen LogP contribution in [-0.2, 0) is 9.31 Å². The standard InChI is InChI=1S/C35H69BO2Si/c1-22(2)39(23(3)4,24(5)6)21-20-25(7)26(8)27(9)28(10)29(11)30(12)31(13)32(14)33(15)36-37-34(16,17)35(18,19)38-36/h22-33H,1-19H3/t25-,26+,27-,28+,29-,30+,31-,32+,33-/m1/s1. The van der Waals surface area contributed by atoms with Crippen LogP contribution in [0.5, 0.6) is 0 Å². The van der Waals surface area contributed by atoms with E-state index in [-0.39, 0.29) is 18.3 Å². The zero-order valence-corrected chi connectivity index (χ0v) is 30.8. The lowest BCUT2D eigenvalue weighted by atomic mass is 9.59. The zero-order chi connectivity index (χ0) is 30.8. The fourth-order valence-corrected chi connectivity index (χ4v) is 12.8. The predicted molar refractivity (Wildman–Crippen MR) is 178 cm³/mol. The number of hydrogen-bond donors (Lipinski definition) is 0. The summed E-state index contributed by atoms with van der Waals surface area (Å²) in [4.78, 5) is 0. The third-order valence-electron chi connectivity index (χ3n) is 12.7. The van der Waals surface area contributed by atoms with Gasteiger partial charge in [-0.15, -0.1) is 11.5 Å². The molecule has 0 N–H and O–H groups in total. The second-order valence-electron chi connectivity index (χ2n) is 16.0. The Hall–Kier alpha value is -0.238. The molecule has 39 heavy (non-hydrogen) atoms. The van der Waals surface area contributed by atoms with Crippen LogP contribution in [-0.4, -0.2) is 26.4 Å². The van der Waals surface area contributed by atoms with Crippen molar-refractivity contribution >= 4 is 15.2 Å². The molecule has 1 aliphatic rings. The van der Waals surface area contributed by atoms with E-state index in [1.165, 1.54) is 0 Å². The summed E-state index contributed by atoms with van der Waals surface area (Å²) in [7, 11) is -1.82. The Bertz CT molecular complexity index is 784.